The van der Waals surface area contributed by atoms with Crippen molar-refractivity contribution in [2.75, 3.05) is 0 Å². The van der Waals surface area contributed by atoms with E-state index in [1.54, 1.807) is 12.1 Å². The molecule has 0 amide bonds. The number of carbonyl (C=O) groups is 2. The molecule has 0 fully saturated rings. The van der Waals surface area contributed by atoms with E-state index in [4.69, 9.17) is 0 Å². The Morgan fingerprint density at radius 1 is 0.385 bits per heavy atom. The summed E-state index contributed by atoms with van der Waals surface area (Å²) in [6.07, 6.45) is 0. The van der Waals surface area contributed by atoms with Gasteiger partial charge in [0.05, 0.1) is 11.9 Å². The van der Waals surface area contributed by atoms with E-state index in [1.807, 2.05) is 84.9 Å². The minimum Gasteiger partial charge on any atom is -0.545 e. The van der Waals surface area contributed by atoms with Gasteiger partial charge in [-0.3, -0.25) is 0 Å². The summed E-state index contributed by atoms with van der Waals surface area (Å²) in [4.78, 5) is 22.5. The predicted octanol–water partition coefficient (Wildman–Crippen LogP) is 5.89. The van der Waals surface area contributed by atoms with Gasteiger partial charge in [0.15, 0.2) is 0 Å². The Labute approximate surface area is 233 Å². The number of rotatable bonds is 2. The molecule has 8 rings (SSSR count). The van der Waals surface area contributed by atoms with Gasteiger partial charge in [-0.25, -0.2) is 0 Å². The van der Waals surface area contributed by atoms with Gasteiger partial charge in [-0.1, -0.05) is 109 Å². The Morgan fingerprint density at radius 2 is 0.667 bits per heavy atom. The zero-order chi connectivity index (χ0) is 26.0. The second kappa shape index (κ2) is 9.25. The van der Waals surface area contributed by atoms with Gasteiger partial charge in [0.2, 0.25) is 0 Å². The first-order chi connectivity index (χ1) is 18.5. The molecule has 0 unspecified atom stereocenters. The second-order valence-corrected chi connectivity index (χ2v) is 9.51. The molecular weight excluding hydrogens is 527 g/mol. The van der Waals surface area contributed by atoms with Crippen molar-refractivity contribution in [3.63, 3.8) is 0 Å². The number of hydrogen-bond acceptors (Lipinski definition) is 4. The third-order valence-electron chi connectivity index (χ3n) is 7.50. The number of carbonyl (C=O) groups excluding carboxylic acids is 2. The molecular formula is C34H18MnO4. The van der Waals surface area contributed by atoms with Crippen molar-refractivity contribution in [3.8, 4) is 0 Å². The molecule has 4 nitrogen and oxygen atoms in total. The van der Waals surface area contributed by atoms with Crippen LogP contribution in [0.3, 0.4) is 0 Å². The Hall–Kier alpha value is -4.70. The fourth-order valence-corrected chi connectivity index (χ4v) is 5.83. The quantitative estimate of drug-likeness (QED) is 0.200. The van der Waals surface area contributed by atoms with Crippen LogP contribution in [0, 0.1) is 0 Å². The topological polar surface area (TPSA) is 80.3 Å². The van der Waals surface area contributed by atoms with Crippen LogP contribution in [0.5, 0.6) is 0 Å². The van der Waals surface area contributed by atoms with E-state index in [0.717, 1.165) is 64.6 Å². The summed E-state index contributed by atoms with van der Waals surface area (Å²) in [7, 11) is 0. The number of hydrogen-bond donors (Lipinski definition) is 0. The molecule has 0 N–H and O–H groups in total. The summed E-state index contributed by atoms with van der Waals surface area (Å²) in [6, 6.07) is 35.0. The van der Waals surface area contributed by atoms with Crippen LogP contribution in [-0.2, 0) is 17.1 Å². The maximum atomic E-state index is 11.2. The fraction of sp³-hybridized carbons (Fsp3) is 0. The van der Waals surface area contributed by atoms with Crippen molar-refractivity contribution in [3.05, 3.63) is 120 Å². The van der Waals surface area contributed by atoms with Crippen molar-refractivity contribution in [2.45, 2.75) is 0 Å². The minimum absolute atomic E-state index is 0. The minimum atomic E-state index is -1.13. The van der Waals surface area contributed by atoms with E-state index in [-0.39, 0.29) is 28.2 Å². The zero-order valence-corrected chi connectivity index (χ0v) is 21.6. The van der Waals surface area contributed by atoms with Gasteiger partial charge in [0.1, 0.15) is 0 Å². The van der Waals surface area contributed by atoms with E-state index in [9.17, 15) is 19.8 Å². The normalized spacial score (nSPS) is 11.3. The summed E-state index contributed by atoms with van der Waals surface area (Å²) < 4.78 is 0. The van der Waals surface area contributed by atoms with Crippen LogP contribution in [0.15, 0.2) is 109 Å². The van der Waals surface area contributed by atoms with Gasteiger partial charge in [-0.2, -0.15) is 0 Å². The van der Waals surface area contributed by atoms with E-state index in [0.29, 0.717) is 0 Å². The molecule has 0 saturated carbocycles. The van der Waals surface area contributed by atoms with Crippen molar-refractivity contribution >= 4 is 76.6 Å². The number of aromatic carboxylic acids is 2. The first-order valence-corrected chi connectivity index (χ1v) is 12.3. The van der Waals surface area contributed by atoms with Gasteiger partial charge < -0.3 is 19.8 Å². The van der Waals surface area contributed by atoms with Gasteiger partial charge >= 0.3 is 17.1 Å². The van der Waals surface area contributed by atoms with Gasteiger partial charge in [-0.15, -0.1) is 0 Å². The van der Waals surface area contributed by atoms with E-state index < -0.39 is 11.9 Å². The first-order valence-electron chi connectivity index (χ1n) is 12.3. The van der Waals surface area contributed by atoms with Crippen LogP contribution >= 0.6 is 0 Å². The van der Waals surface area contributed by atoms with Crippen molar-refractivity contribution < 1.29 is 36.9 Å². The van der Waals surface area contributed by atoms with Gasteiger partial charge in [-0.05, 0) is 64.6 Å². The largest absolute Gasteiger partial charge is 2.00 e. The molecule has 0 atom stereocenters. The van der Waals surface area contributed by atoms with Crippen LogP contribution in [0.2, 0.25) is 0 Å². The zero-order valence-electron chi connectivity index (χ0n) is 20.4. The molecule has 0 aromatic heterocycles. The molecule has 0 aliphatic rings. The maximum absolute atomic E-state index is 11.2. The summed E-state index contributed by atoms with van der Waals surface area (Å²) in [5.74, 6) is -2.25. The summed E-state index contributed by atoms with van der Waals surface area (Å²) in [6.45, 7) is 0. The monoisotopic (exact) mass is 545 g/mol. The van der Waals surface area contributed by atoms with Crippen LogP contribution in [0.4, 0.5) is 0 Å². The Balaban J connectivity index is 0.000000138. The standard InChI is InChI=1S/2C17H10O2.Mn/c2*18-17(19)14-9-7-12-5-4-10-2-1-3-11-6-8-13(14)16(12)15(10)11;/h2*1-9H,(H,18,19);/q;;+2/p-2. The Morgan fingerprint density at radius 3 is 1.00 bits per heavy atom. The third kappa shape index (κ3) is 3.75. The summed E-state index contributed by atoms with van der Waals surface area (Å²) in [5, 5.41) is 34.9. The van der Waals surface area contributed by atoms with E-state index in [1.165, 1.54) is 0 Å². The SMILES string of the molecule is O=C([O-])c1ccc2ccc3cccc4ccc1c2c34.O=C([O-])c1ccc2ccc3cccc4ccc1c2c34.[Mn+2]. The van der Waals surface area contributed by atoms with Crippen LogP contribution in [-0.4, -0.2) is 11.9 Å². The summed E-state index contributed by atoms with van der Waals surface area (Å²) >= 11 is 0. The molecule has 39 heavy (non-hydrogen) atoms. The molecule has 0 bridgehead atoms. The molecule has 185 valence electrons. The average Bonchev–Trinajstić information content (AvgIpc) is 2.94. The van der Waals surface area contributed by atoms with Crippen molar-refractivity contribution in [2.24, 2.45) is 0 Å². The molecule has 8 aromatic carbocycles. The molecule has 8 aromatic rings. The molecule has 1 radical (unpaired) electrons. The first kappa shape index (κ1) is 24.6. The predicted molar refractivity (Wildman–Crippen MR) is 149 cm³/mol. The number of carboxylic acids is 2. The molecule has 0 spiro atoms. The van der Waals surface area contributed by atoms with E-state index >= 15 is 0 Å². The summed E-state index contributed by atoms with van der Waals surface area (Å²) in [5.41, 5.74) is 0.511. The molecule has 0 heterocycles. The van der Waals surface area contributed by atoms with Gasteiger partial charge in [0, 0.05) is 11.1 Å². The maximum Gasteiger partial charge on any atom is 2.00 e. The smallest absolute Gasteiger partial charge is 0.545 e. The van der Waals surface area contributed by atoms with Crippen LogP contribution in [0.1, 0.15) is 20.7 Å². The fourth-order valence-electron chi connectivity index (χ4n) is 5.83. The molecule has 0 saturated heterocycles. The van der Waals surface area contributed by atoms with Crippen LogP contribution < -0.4 is 10.2 Å². The van der Waals surface area contributed by atoms with Crippen molar-refractivity contribution in [1.29, 1.82) is 0 Å². The average molecular weight is 545 g/mol. The Kier molecular flexibility index (Phi) is 5.84. The molecule has 0 aliphatic carbocycles. The van der Waals surface area contributed by atoms with E-state index in [2.05, 4.69) is 12.1 Å². The third-order valence-corrected chi connectivity index (χ3v) is 7.50. The van der Waals surface area contributed by atoms with Gasteiger partial charge in [0.25, 0.3) is 0 Å². The van der Waals surface area contributed by atoms with Crippen LogP contribution in [0.25, 0.3) is 64.6 Å². The number of benzene rings is 8. The Bertz CT molecular complexity index is 2010. The number of carboxylic acid groups (broad SMARTS) is 2. The second-order valence-electron chi connectivity index (χ2n) is 9.51. The molecule has 5 heteroatoms. The molecule has 0 aliphatic heterocycles. The van der Waals surface area contributed by atoms with Crippen molar-refractivity contribution in [1.82, 2.24) is 0 Å².